The van der Waals surface area contributed by atoms with Gasteiger partial charge >= 0.3 is 0 Å². The minimum atomic E-state index is 0.533. The van der Waals surface area contributed by atoms with E-state index in [1.165, 1.54) is 0 Å². The first kappa shape index (κ1) is 22.4. The van der Waals surface area contributed by atoms with E-state index in [1.807, 2.05) is 84.9 Å². The normalized spacial score (nSPS) is 12.2. The summed E-state index contributed by atoms with van der Waals surface area (Å²) >= 11 is 0. The predicted octanol–water partition coefficient (Wildman–Crippen LogP) is 9.09. The fourth-order valence-corrected chi connectivity index (χ4v) is 5.40. The van der Waals surface area contributed by atoms with Crippen LogP contribution in [-0.2, 0) is 0 Å². The van der Waals surface area contributed by atoms with E-state index in [0.717, 1.165) is 55.5 Å². The van der Waals surface area contributed by atoms with E-state index in [-0.39, 0.29) is 0 Å². The fourth-order valence-electron chi connectivity index (χ4n) is 5.40. The lowest BCUT2D eigenvalue weighted by molar-refractivity contribution is 0.483. The van der Waals surface area contributed by atoms with Gasteiger partial charge in [0.2, 0.25) is 5.95 Å². The number of ether oxygens (including phenoxy) is 1. The zero-order valence-corrected chi connectivity index (χ0v) is 21.4. The first-order valence-corrected chi connectivity index (χ1v) is 13.2. The highest BCUT2D eigenvalue weighted by Gasteiger charge is 2.31. The standard InChI is InChI=1S/C35H22N4O/c1-3-13-25(14-4-1)33-36-34(26-15-5-2-6-16-26)38-35(37-33)39-29-21-19-24-12-8-10-18-28(24)32(29)40-30-22-20-23-11-7-9-17-27(23)31(30)39/h1-22H. The van der Waals surface area contributed by atoms with Gasteiger partial charge in [-0.05, 0) is 22.9 Å². The number of hydrogen-bond acceptors (Lipinski definition) is 5. The second-order valence-electron chi connectivity index (χ2n) is 9.72. The van der Waals surface area contributed by atoms with Gasteiger partial charge in [0.1, 0.15) is 0 Å². The largest absolute Gasteiger partial charge is 0.452 e. The first-order chi connectivity index (χ1) is 19.8. The third-order valence-corrected chi connectivity index (χ3v) is 7.29. The molecule has 0 saturated heterocycles. The van der Waals surface area contributed by atoms with Crippen LogP contribution in [-0.4, -0.2) is 15.0 Å². The lowest BCUT2D eigenvalue weighted by Crippen LogP contribution is -2.20. The van der Waals surface area contributed by atoms with Crippen molar-refractivity contribution >= 4 is 38.9 Å². The molecule has 0 unspecified atom stereocenters. The molecule has 5 nitrogen and oxygen atoms in total. The van der Waals surface area contributed by atoms with Crippen molar-refractivity contribution in [1.82, 2.24) is 15.0 Å². The average Bonchev–Trinajstić information content (AvgIpc) is 3.04. The van der Waals surface area contributed by atoms with Crippen molar-refractivity contribution in [2.45, 2.75) is 0 Å². The molecule has 0 bridgehead atoms. The number of hydrogen-bond donors (Lipinski definition) is 0. The molecule has 0 N–H and O–H groups in total. The monoisotopic (exact) mass is 514 g/mol. The Balaban J connectivity index is 1.46. The maximum Gasteiger partial charge on any atom is 0.239 e. The van der Waals surface area contributed by atoms with Crippen molar-refractivity contribution in [2.75, 3.05) is 4.90 Å². The van der Waals surface area contributed by atoms with Gasteiger partial charge in [0, 0.05) is 21.9 Å². The average molecular weight is 515 g/mol. The molecule has 0 saturated carbocycles. The molecule has 40 heavy (non-hydrogen) atoms. The van der Waals surface area contributed by atoms with E-state index in [4.69, 9.17) is 19.7 Å². The Hall–Kier alpha value is -5.55. The summed E-state index contributed by atoms with van der Waals surface area (Å²) in [7, 11) is 0. The summed E-state index contributed by atoms with van der Waals surface area (Å²) in [6.45, 7) is 0. The van der Waals surface area contributed by atoms with Crippen LogP contribution in [0.5, 0.6) is 11.5 Å². The van der Waals surface area contributed by atoms with Crippen molar-refractivity contribution in [1.29, 1.82) is 0 Å². The Bertz CT molecular complexity index is 1980. The van der Waals surface area contributed by atoms with Crippen molar-refractivity contribution < 1.29 is 4.74 Å². The summed E-state index contributed by atoms with van der Waals surface area (Å²) in [4.78, 5) is 17.2. The zero-order chi connectivity index (χ0) is 26.5. The van der Waals surface area contributed by atoms with E-state index >= 15 is 0 Å². The molecule has 5 heteroatoms. The van der Waals surface area contributed by atoms with E-state index in [9.17, 15) is 0 Å². The molecule has 1 aliphatic heterocycles. The molecule has 2 heterocycles. The minimum Gasteiger partial charge on any atom is -0.452 e. The topological polar surface area (TPSA) is 51.1 Å². The molecule has 6 aromatic carbocycles. The molecule has 0 amide bonds. The van der Waals surface area contributed by atoms with Gasteiger partial charge in [-0.2, -0.15) is 9.97 Å². The molecule has 1 aromatic heterocycles. The number of fused-ring (bicyclic) bond motifs is 6. The van der Waals surface area contributed by atoms with Crippen LogP contribution < -0.4 is 9.64 Å². The molecule has 0 spiro atoms. The summed E-state index contributed by atoms with van der Waals surface area (Å²) in [5.41, 5.74) is 3.64. The lowest BCUT2D eigenvalue weighted by Gasteiger charge is -2.33. The van der Waals surface area contributed by atoms with Gasteiger partial charge in [0.25, 0.3) is 0 Å². The quantitative estimate of drug-likeness (QED) is 0.235. The zero-order valence-electron chi connectivity index (χ0n) is 21.4. The summed E-state index contributed by atoms with van der Waals surface area (Å²) in [6, 6.07) is 45.1. The van der Waals surface area contributed by atoms with Crippen LogP contribution >= 0.6 is 0 Å². The minimum absolute atomic E-state index is 0.533. The van der Waals surface area contributed by atoms with Gasteiger partial charge in [-0.1, -0.05) is 121 Å². The van der Waals surface area contributed by atoms with Gasteiger partial charge in [-0.25, -0.2) is 4.98 Å². The number of aromatic nitrogens is 3. The second kappa shape index (κ2) is 9.03. The van der Waals surface area contributed by atoms with Gasteiger partial charge < -0.3 is 4.74 Å². The summed E-state index contributed by atoms with van der Waals surface area (Å²) in [6.07, 6.45) is 0. The van der Waals surface area contributed by atoms with Crippen LogP contribution in [0.4, 0.5) is 17.3 Å². The van der Waals surface area contributed by atoms with Gasteiger partial charge in [0.05, 0.1) is 11.4 Å². The van der Waals surface area contributed by atoms with Crippen LogP contribution in [0.2, 0.25) is 0 Å². The fraction of sp³-hybridized carbons (Fsp3) is 0. The SMILES string of the molecule is c1ccc(-c2nc(-c3ccccc3)nc(N3c4ccc5ccccc5c4Oc4ccc5ccccc5c43)n2)cc1. The highest BCUT2D eigenvalue weighted by molar-refractivity contribution is 6.06. The van der Waals surface area contributed by atoms with E-state index < -0.39 is 0 Å². The number of benzene rings is 6. The summed E-state index contributed by atoms with van der Waals surface area (Å²) in [5, 5.41) is 4.31. The molecule has 0 aliphatic carbocycles. The second-order valence-corrected chi connectivity index (χ2v) is 9.72. The van der Waals surface area contributed by atoms with Gasteiger partial charge in [-0.3, -0.25) is 4.90 Å². The van der Waals surface area contributed by atoms with Crippen molar-refractivity contribution in [3.8, 4) is 34.3 Å². The molecule has 188 valence electrons. The smallest absolute Gasteiger partial charge is 0.239 e. The summed E-state index contributed by atoms with van der Waals surface area (Å²) in [5.74, 6) is 3.29. The molecule has 0 atom stereocenters. The number of rotatable bonds is 3. The highest BCUT2D eigenvalue weighted by atomic mass is 16.5. The maximum atomic E-state index is 6.67. The molecule has 0 radical (unpaired) electrons. The Kier molecular flexibility index (Phi) is 5.07. The van der Waals surface area contributed by atoms with Crippen LogP contribution in [0.1, 0.15) is 0 Å². The maximum absolute atomic E-state index is 6.67. The Morgan fingerprint density at radius 1 is 0.475 bits per heavy atom. The molecular formula is C35H22N4O. The molecule has 8 rings (SSSR count). The van der Waals surface area contributed by atoms with E-state index in [0.29, 0.717) is 17.6 Å². The third kappa shape index (κ3) is 3.60. The van der Waals surface area contributed by atoms with Crippen LogP contribution in [0.15, 0.2) is 133 Å². The summed E-state index contributed by atoms with van der Waals surface area (Å²) < 4.78 is 6.67. The Morgan fingerprint density at radius 3 is 1.70 bits per heavy atom. The lowest BCUT2D eigenvalue weighted by atomic mass is 10.0. The van der Waals surface area contributed by atoms with Crippen molar-refractivity contribution in [2.24, 2.45) is 0 Å². The van der Waals surface area contributed by atoms with Gasteiger partial charge in [-0.15, -0.1) is 0 Å². The van der Waals surface area contributed by atoms with Crippen molar-refractivity contribution in [3.05, 3.63) is 133 Å². The first-order valence-electron chi connectivity index (χ1n) is 13.2. The van der Waals surface area contributed by atoms with Crippen LogP contribution in [0, 0.1) is 0 Å². The molecule has 7 aromatic rings. The Morgan fingerprint density at radius 2 is 1.02 bits per heavy atom. The molecular weight excluding hydrogens is 492 g/mol. The van der Waals surface area contributed by atoms with Crippen LogP contribution in [0.3, 0.4) is 0 Å². The third-order valence-electron chi connectivity index (χ3n) is 7.29. The molecule has 0 fully saturated rings. The highest BCUT2D eigenvalue weighted by Crippen LogP contribution is 2.54. The Labute approximate surface area is 231 Å². The van der Waals surface area contributed by atoms with Crippen LogP contribution in [0.25, 0.3) is 44.3 Å². The van der Waals surface area contributed by atoms with Gasteiger partial charge in [0.15, 0.2) is 23.1 Å². The molecule has 1 aliphatic rings. The van der Waals surface area contributed by atoms with E-state index in [1.54, 1.807) is 0 Å². The van der Waals surface area contributed by atoms with Crippen molar-refractivity contribution in [3.63, 3.8) is 0 Å². The number of nitrogens with zero attached hydrogens (tertiary/aromatic N) is 4. The predicted molar refractivity (Wildman–Crippen MR) is 160 cm³/mol. The van der Waals surface area contributed by atoms with E-state index in [2.05, 4.69) is 53.4 Å². The number of anilines is 3.